The largest absolute Gasteiger partial charge is 0.497 e. The summed E-state index contributed by atoms with van der Waals surface area (Å²) >= 11 is 1.30. The van der Waals surface area contributed by atoms with Crippen molar-refractivity contribution in [3.8, 4) is 11.4 Å². The second-order valence-corrected chi connectivity index (χ2v) is 9.01. The molecule has 0 saturated heterocycles. The molecule has 0 unspecified atom stereocenters. The highest BCUT2D eigenvalue weighted by atomic mass is 32.2. The number of aromatic nitrogens is 3. The van der Waals surface area contributed by atoms with Crippen LogP contribution in [-0.2, 0) is 11.3 Å². The van der Waals surface area contributed by atoms with Gasteiger partial charge in [0.25, 0.3) is 5.91 Å². The Labute approximate surface area is 191 Å². The van der Waals surface area contributed by atoms with Gasteiger partial charge in [-0.25, -0.2) is 0 Å². The summed E-state index contributed by atoms with van der Waals surface area (Å²) in [6, 6.07) is 16.5. The molecule has 8 nitrogen and oxygen atoms in total. The molecule has 1 heterocycles. The molecule has 3 rings (SSSR count). The molecule has 0 bridgehead atoms. The number of hydrogen-bond donors (Lipinski definition) is 2. The van der Waals surface area contributed by atoms with Crippen molar-refractivity contribution in [2.45, 2.75) is 38.0 Å². The standard InChI is InChI=1S/C23H27N5O3S/c1-23(2,3)25-20(29)15-32-22-27-26-19(28(22)17-8-6-5-7-9-17)14-24-21(30)16-10-12-18(31-4)13-11-16/h5-13H,14-15H2,1-4H3,(H,24,30)(H,25,29). The van der Waals surface area contributed by atoms with E-state index in [-0.39, 0.29) is 29.7 Å². The van der Waals surface area contributed by atoms with Crippen LogP contribution >= 0.6 is 11.8 Å². The van der Waals surface area contributed by atoms with E-state index in [9.17, 15) is 9.59 Å². The molecular formula is C23H27N5O3S. The third-order valence-corrected chi connectivity index (χ3v) is 5.25. The molecule has 0 aliphatic heterocycles. The summed E-state index contributed by atoms with van der Waals surface area (Å²) in [5.74, 6) is 1.15. The molecule has 32 heavy (non-hydrogen) atoms. The predicted octanol–water partition coefficient (Wildman–Crippen LogP) is 3.21. The molecule has 0 aliphatic carbocycles. The van der Waals surface area contributed by atoms with Gasteiger partial charge in [0.1, 0.15) is 5.75 Å². The number of nitrogens with one attached hydrogen (secondary N) is 2. The molecular weight excluding hydrogens is 426 g/mol. The van der Waals surface area contributed by atoms with Gasteiger partial charge in [-0.2, -0.15) is 0 Å². The van der Waals surface area contributed by atoms with Crippen molar-refractivity contribution in [3.05, 3.63) is 66.0 Å². The van der Waals surface area contributed by atoms with Gasteiger partial charge in [-0.1, -0.05) is 30.0 Å². The van der Waals surface area contributed by atoms with Crippen LogP contribution in [-0.4, -0.2) is 45.0 Å². The van der Waals surface area contributed by atoms with Crippen molar-refractivity contribution in [2.75, 3.05) is 12.9 Å². The van der Waals surface area contributed by atoms with Crippen LogP contribution in [0.4, 0.5) is 0 Å². The van der Waals surface area contributed by atoms with Gasteiger partial charge in [0.05, 0.1) is 19.4 Å². The number of para-hydroxylation sites is 1. The zero-order valence-corrected chi connectivity index (χ0v) is 19.4. The van der Waals surface area contributed by atoms with E-state index in [0.717, 1.165) is 5.69 Å². The first-order chi connectivity index (χ1) is 15.3. The summed E-state index contributed by atoms with van der Waals surface area (Å²) in [6.45, 7) is 5.99. The number of ether oxygens (including phenoxy) is 1. The van der Waals surface area contributed by atoms with Crippen molar-refractivity contribution in [1.82, 2.24) is 25.4 Å². The molecule has 1 aromatic heterocycles. The van der Waals surface area contributed by atoms with Crippen LogP contribution in [0.25, 0.3) is 5.69 Å². The lowest BCUT2D eigenvalue weighted by Gasteiger charge is -2.20. The highest BCUT2D eigenvalue weighted by Gasteiger charge is 2.19. The molecule has 0 radical (unpaired) electrons. The number of hydrogen-bond acceptors (Lipinski definition) is 6. The summed E-state index contributed by atoms with van der Waals surface area (Å²) in [5, 5.41) is 14.9. The van der Waals surface area contributed by atoms with Gasteiger partial charge in [0.15, 0.2) is 11.0 Å². The molecule has 0 spiro atoms. The first kappa shape index (κ1) is 23.3. The zero-order chi connectivity index (χ0) is 23.1. The summed E-state index contributed by atoms with van der Waals surface area (Å²) in [7, 11) is 1.58. The maximum Gasteiger partial charge on any atom is 0.251 e. The van der Waals surface area contributed by atoms with Gasteiger partial charge in [-0.15, -0.1) is 10.2 Å². The van der Waals surface area contributed by atoms with Crippen LogP contribution in [0.2, 0.25) is 0 Å². The SMILES string of the molecule is COc1ccc(C(=O)NCc2nnc(SCC(=O)NC(C)(C)C)n2-c2ccccc2)cc1. The number of nitrogens with zero attached hydrogens (tertiary/aromatic N) is 3. The maximum atomic E-state index is 12.6. The Morgan fingerprint density at radius 1 is 1.03 bits per heavy atom. The van der Waals surface area contributed by atoms with Crippen molar-refractivity contribution in [1.29, 1.82) is 0 Å². The maximum absolute atomic E-state index is 12.6. The third-order valence-electron chi connectivity index (χ3n) is 4.32. The molecule has 0 atom stereocenters. The minimum Gasteiger partial charge on any atom is -0.497 e. The normalized spacial score (nSPS) is 11.1. The van der Waals surface area contributed by atoms with Crippen molar-refractivity contribution >= 4 is 23.6 Å². The fraction of sp³-hybridized carbons (Fsp3) is 0.304. The summed E-state index contributed by atoms with van der Waals surface area (Å²) in [6.07, 6.45) is 0. The fourth-order valence-electron chi connectivity index (χ4n) is 2.93. The Hall–Kier alpha value is -3.33. The molecule has 2 amide bonds. The fourth-order valence-corrected chi connectivity index (χ4v) is 3.70. The predicted molar refractivity (Wildman–Crippen MR) is 124 cm³/mol. The number of thioether (sulfide) groups is 1. The summed E-state index contributed by atoms with van der Waals surface area (Å²) in [4.78, 5) is 24.8. The number of carbonyl (C=O) groups excluding carboxylic acids is 2. The van der Waals surface area contributed by atoms with Gasteiger partial charge in [0.2, 0.25) is 5.91 Å². The minimum absolute atomic E-state index is 0.0838. The first-order valence-corrected chi connectivity index (χ1v) is 11.1. The van der Waals surface area contributed by atoms with E-state index in [2.05, 4.69) is 20.8 Å². The van der Waals surface area contributed by atoms with Gasteiger partial charge in [-0.3, -0.25) is 14.2 Å². The number of methoxy groups -OCH3 is 1. The topological polar surface area (TPSA) is 98.1 Å². The van der Waals surface area contributed by atoms with Crippen molar-refractivity contribution in [3.63, 3.8) is 0 Å². The quantitative estimate of drug-likeness (QED) is 0.508. The summed E-state index contributed by atoms with van der Waals surface area (Å²) in [5.41, 5.74) is 1.07. The van der Waals surface area contributed by atoms with Gasteiger partial charge >= 0.3 is 0 Å². The Kier molecular flexibility index (Phi) is 7.53. The molecule has 2 N–H and O–H groups in total. The average molecular weight is 454 g/mol. The third kappa shape index (κ3) is 6.34. The van der Waals surface area contributed by atoms with Crippen LogP contribution in [0, 0.1) is 0 Å². The van der Waals surface area contributed by atoms with E-state index in [4.69, 9.17) is 4.74 Å². The van der Waals surface area contributed by atoms with Gasteiger partial charge in [-0.05, 0) is 57.2 Å². The van der Waals surface area contributed by atoms with E-state index >= 15 is 0 Å². The highest BCUT2D eigenvalue weighted by molar-refractivity contribution is 7.99. The molecule has 168 valence electrons. The second kappa shape index (κ2) is 10.3. The number of benzene rings is 2. The van der Waals surface area contributed by atoms with E-state index in [1.807, 2.05) is 55.7 Å². The minimum atomic E-state index is -0.304. The lowest BCUT2D eigenvalue weighted by atomic mass is 10.1. The first-order valence-electron chi connectivity index (χ1n) is 10.1. The molecule has 0 fully saturated rings. The van der Waals surface area contributed by atoms with Crippen LogP contribution in [0.15, 0.2) is 59.8 Å². The lowest BCUT2D eigenvalue weighted by molar-refractivity contribution is -0.119. The summed E-state index contributed by atoms with van der Waals surface area (Å²) < 4.78 is 6.98. The smallest absolute Gasteiger partial charge is 0.251 e. The number of amides is 2. The Bertz CT molecular complexity index is 1060. The van der Waals surface area contributed by atoms with Crippen molar-refractivity contribution < 1.29 is 14.3 Å². The molecule has 0 aliphatic rings. The Balaban J connectivity index is 1.75. The van der Waals surface area contributed by atoms with E-state index in [1.54, 1.807) is 31.4 Å². The molecule has 0 saturated carbocycles. The van der Waals surface area contributed by atoms with Crippen LogP contribution in [0.5, 0.6) is 5.75 Å². The molecule has 2 aromatic carbocycles. The van der Waals surface area contributed by atoms with E-state index < -0.39 is 0 Å². The van der Waals surface area contributed by atoms with Crippen LogP contribution < -0.4 is 15.4 Å². The van der Waals surface area contributed by atoms with Crippen LogP contribution in [0.1, 0.15) is 37.0 Å². The Morgan fingerprint density at radius 2 is 1.72 bits per heavy atom. The van der Waals surface area contributed by atoms with E-state index in [1.165, 1.54) is 11.8 Å². The molecule has 9 heteroatoms. The van der Waals surface area contributed by atoms with E-state index in [0.29, 0.717) is 22.3 Å². The molecule has 3 aromatic rings. The number of rotatable bonds is 8. The van der Waals surface area contributed by atoms with Crippen LogP contribution in [0.3, 0.4) is 0 Å². The average Bonchev–Trinajstić information content (AvgIpc) is 3.18. The lowest BCUT2D eigenvalue weighted by Crippen LogP contribution is -2.41. The highest BCUT2D eigenvalue weighted by Crippen LogP contribution is 2.22. The zero-order valence-electron chi connectivity index (χ0n) is 18.6. The van der Waals surface area contributed by atoms with Gasteiger partial charge in [0, 0.05) is 16.8 Å². The second-order valence-electron chi connectivity index (χ2n) is 8.07. The number of carbonyl (C=O) groups is 2. The monoisotopic (exact) mass is 453 g/mol. The van der Waals surface area contributed by atoms with Crippen molar-refractivity contribution in [2.24, 2.45) is 0 Å². The van der Waals surface area contributed by atoms with Gasteiger partial charge < -0.3 is 15.4 Å². The Morgan fingerprint density at radius 3 is 2.34 bits per heavy atom.